The van der Waals surface area contributed by atoms with Crippen LogP contribution >= 0.6 is 0 Å². The fourth-order valence-electron chi connectivity index (χ4n) is 5.68. The molecule has 1 saturated heterocycles. The summed E-state index contributed by atoms with van der Waals surface area (Å²) in [7, 11) is 0. The van der Waals surface area contributed by atoms with Gasteiger partial charge in [0.25, 0.3) is 0 Å². The van der Waals surface area contributed by atoms with Gasteiger partial charge in [0.2, 0.25) is 11.8 Å². The van der Waals surface area contributed by atoms with E-state index < -0.39 is 23.3 Å². The molecule has 2 aromatic rings. The molecule has 2 unspecified atom stereocenters. The molecule has 2 amide bonds. The van der Waals surface area contributed by atoms with Crippen LogP contribution in [0.1, 0.15) is 63.2 Å². The van der Waals surface area contributed by atoms with Crippen molar-refractivity contribution in [1.29, 1.82) is 5.41 Å². The molecule has 9 heteroatoms. The number of hydrogen-bond donors (Lipinski definition) is 3. The average molecular weight is 518 g/mol. The second-order valence-electron chi connectivity index (χ2n) is 11.1. The second kappa shape index (κ2) is 9.43. The van der Waals surface area contributed by atoms with Crippen LogP contribution in [0.25, 0.3) is 0 Å². The number of para-hydroxylation sites is 1. The topological polar surface area (TPSA) is 107 Å². The first-order chi connectivity index (χ1) is 18.1. The van der Waals surface area contributed by atoms with Crippen LogP contribution in [-0.4, -0.2) is 39.8 Å². The predicted molar refractivity (Wildman–Crippen MR) is 139 cm³/mol. The average Bonchev–Trinajstić information content (AvgIpc) is 3.68. The number of fused-ring (bicyclic) bond motifs is 1. The summed E-state index contributed by atoms with van der Waals surface area (Å²) in [5.41, 5.74) is 0.0697. The minimum absolute atomic E-state index is 0.00173. The molecule has 0 bridgehead atoms. The largest absolute Gasteiger partial charge is 0.493 e. The Morgan fingerprint density at radius 1 is 1.39 bits per heavy atom. The van der Waals surface area contributed by atoms with Crippen molar-refractivity contribution in [3.05, 3.63) is 59.7 Å². The van der Waals surface area contributed by atoms with Crippen molar-refractivity contribution in [2.75, 3.05) is 6.61 Å². The zero-order chi connectivity index (χ0) is 27.2. The number of guanidine groups is 1. The Balaban J connectivity index is 1.42. The molecule has 3 N–H and O–H groups in total. The fraction of sp³-hybridized carbons (Fsp3) is 0.448. The van der Waals surface area contributed by atoms with Crippen molar-refractivity contribution in [2.45, 2.75) is 57.7 Å². The second-order valence-corrected chi connectivity index (χ2v) is 11.1. The smallest absolute Gasteiger partial charge is 0.233 e. The summed E-state index contributed by atoms with van der Waals surface area (Å²) in [6, 6.07) is 7.99. The number of ether oxygens (including phenoxy) is 1. The van der Waals surface area contributed by atoms with E-state index in [-0.39, 0.29) is 41.6 Å². The number of carbonyl (C=O) groups excluding carboxylic acids is 2. The predicted octanol–water partition coefficient (Wildman–Crippen LogP) is 3.71. The quantitative estimate of drug-likeness (QED) is 0.507. The number of halogens is 1. The maximum Gasteiger partial charge on any atom is 0.233 e. The third kappa shape index (κ3) is 4.49. The molecule has 2 fully saturated rings. The van der Waals surface area contributed by atoms with Crippen LogP contribution in [0, 0.1) is 40.8 Å². The number of pyridine rings is 1. The Kier molecular flexibility index (Phi) is 6.38. The molecule has 1 aromatic carbocycles. The van der Waals surface area contributed by atoms with Gasteiger partial charge in [0.1, 0.15) is 17.1 Å². The first-order valence-electron chi connectivity index (χ1n) is 12.9. The maximum absolute atomic E-state index is 14.2. The lowest BCUT2D eigenvalue weighted by molar-refractivity contribution is -0.133. The molecular weight excluding hydrogens is 485 g/mol. The molecule has 5 atom stereocenters. The Labute approximate surface area is 221 Å². The summed E-state index contributed by atoms with van der Waals surface area (Å²) in [6.07, 6.45) is 9.23. The number of terminal acetylenes is 1. The van der Waals surface area contributed by atoms with Crippen LogP contribution in [0.2, 0.25) is 0 Å². The summed E-state index contributed by atoms with van der Waals surface area (Å²) in [5.74, 6) is 1.45. The molecular formula is C29H32FN5O3. The summed E-state index contributed by atoms with van der Waals surface area (Å²) in [6.45, 7) is 6.41. The van der Waals surface area contributed by atoms with E-state index in [1.807, 2.05) is 45.0 Å². The number of nitrogens with zero attached hydrogens (tertiary/aromatic N) is 2. The molecule has 38 heavy (non-hydrogen) atoms. The van der Waals surface area contributed by atoms with Crippen molar-refractivity contribution in [1.82, 2.24) is 20.5 Å². The molecule has 1 aliphatic carbocycles. The zero-order valence-electron chi connectivity index (χ0n) is 21.8. The number of rotatable bonds is 6. The van der Waals surface area contributed by atoms with E-state index in [4.69, 9.17) is 16.6 Å². The molecule has 0 spiro atoms. The first kappa shape index (κ1) is 25.7. The van der Waals surface area contributed by atoms with Gasteiger partial charge in [-0.3, -0.25) is 24.9 Å². The van der Waals surface area contributed by atoms with E-state index in [1.165, 1.54) is 17.2 Å². The highest BCUT2D eigenvalue weighted by Gasteiger charge is 2.54. The van der Waals surface area contributed by atoms with Gasteiger partial charge < -0.3 is 15.4 Å². The zero-order valence-corrected chi connectivity index (χ0v) is 21.8. The lowest BCUT2D eigenvalue weighted by atomic mass is 9.79. The lowest BCUT2D eigenvalue weighted by Gasteiger charge is -2.43. The summed E-state index contributed by atoms with van der Waals surface area (Å²) >= 11 is 0. The fourth-order valence-corrected chi connectivity index (χ4v) is 5.68. The minimum atomic E-state index is -0.947. The Bertz CT molecular complexity index is 1320. The maximum atomic E-state index is 14.2. The van der Waals surface area contributed by atoms with Crippen molar-refractivity contribution in [3.8, 4) is 18.1 Å². The van der Waals surface area contributed by atoms with E-state index in [1.54, 1.807) is 0 Å². The van der Waals surface area contributed by atoms with Crippen molar-refractivity contribution >= 4 is 17.8 Å². The normalized spacial score (nSPS) is 28.3. The van der Waals surface area contributed by atoms with Crippen LogP contribution in [0.4, 0.5) is 4.39 Å². The molecule has 3 aliphatic rings. The van der Waals surface area contributed by atoms with Crippen LogP contribution in [0.3, 0.4) is 0 Å². The van der Waals surface area contributed by atoms with Crippen LogP contribution in [-0.2, 0) is 9.59 Å². The van der Waals surface area contributed by atoms with Crippen molar-refractivity contribution < 1.29 is 18.7 Å². The monoisotopic (exact) mass is 517 g/mol. The standard InChI is InChI=1S/C29H32FN5O3/c1-5-29(6-2)13-23(36)35(27(31)34-29)24(17-11-18(30)15-32-14-17)20-12-21(20)26(37)33-25-19-9-7-8-10-22(19)38-16-28(25,3)4/h1,7-11,14-15,20-21,24-25H,6,12-13,16H2,2-4H3,(H2,31,34)(H,33,37)/t20-,21-,24?,25?,29-/m1/s1. The third-order valence-electron chi connectivity index (χ3n) is 8.03. The van der Waals surface area contributed by atoms with Gasteiger partial charge in [0.05, 0.1) is 31.3 Å². The SMILES string of the molecule is C#C[C@@]1(CC)CC(=O)N(C(c2cncc(F)c2)[C@@H]2C[C@H]2C(=O)NC2c3ccccc3OCC2(C)C)C(=N)N1. The number of carbonyl (C=O) groups is 2. The Morgan fingerprint density at radius 3 is 2.84 bits per heavy atom. The van der Waals surface area contributed by atoms with E-state index in [0.717, 1.165) is 17.5 Å². The number of nitrogens with one attached hydrogen (secondary N) is 3. The first-order valence-corrected chi connectivity index (χ1v) is 12.9. The minimum Gasteiger partial charge on any atom is -0.493 e. The Hall–Kier alpha value is -3.93. The summed E-state index contributed by atoms with van der Waals surface area (Å²) in [4.78, 5) is 32.3. The number of hydrogen-bond acceptors (Lipinski definition) is 5. The van der Waals surface area contributed by atoms with Crippen molar-refractivity contribution in [3.63, 3.8) is 0 Å². The van der Waals surface area contributed by atoms with Gasteiger partial charge in [-0.2, -0.15) is 0 Å². The molecule has 5 rings (SSSR count). The van der Waals surface area contributed by atoms with Crippen molar-refractivity contribution in [2.24, 2.45) is 17.3 Å². The van der Waals surface area contributed by atoms with E-state index >= 15 is 0 Å². The third-order valence-corrected chi connectivity index (χ3v) is 8.03. The molecule has 2 aliphatic heterocycles. The summed E-state index contributed by atoms with van der Waals surface area (Å²) in [5, 5.41) is 14.9. The highest BCUT2D eigenvalue weighted by atomic mass is 19.1. The lowest BCUT2D eigenvalue weighted by Crippen LogP contribution is -2.62. The van der Waals surface area contributed by atoms with Gasteiger partial charge in [-0.15, -0.1) is 6.42 Å². The van der Waals surface area contributed by atoms with E-state index in [9.17, 15) is 14.0 Å². The van der Waals surface area contributed by atoms with Crippen LogP contribution in [0.5, 0.6) is 5.75 Å². The highest BCUT2D eigenvalue weighted by molar-refractivity contribution is 6.00. The molecule has 8 nitrogen and oxygen atoms in total. The van der Waals surface area contributed by atoms with Gasteiger partial charge in [-0.25, -0.2) is 4.39 Å². The molecule has 1 aromatic heterocycles. The van der Waals surface area contributed by atoms with Crippen LogP contribution < -0.4 is 15.4 Å². The number of aromatic nitrogens is 1. The number of benzene rings is 1. The van der Waals surface area contributed by atoms with Gasteiger partial charge in [0.15, 0.2) is 5.96 Å². The van der Waals surface area contributed by atoms with Gasteiger partial charge in [-0.1, -0.05) is 44.9 Å². The molecule has 198 valence electrons. The van der Waals surface area contributed by atoms with Gasteiger partial charge >= 0.3 is 0 Å². The molecule has 0 radical (unpaired) electrons. The van der Waals surface area contributed by atoms with Crippen LogP contribution in [0.15, 0.2) is 42.7 Å². The summed E-state index contributed by atoms with van der Waals surface area (Å²) < 4.78 is 20.2. The van der Waals surface area contributed by atoms with E-state index in [2.05, 4.69) is 21.5 Å². The van der Waals surface area contributed by atoms with Gasteiger partial charge in [-0.05, 0) is 36.5 Å². The molecule has 3 heterocycles. The number of amides is 2. The molecule has 1 saturated carbocycles. The van der Waals surface area contributed by atoms with Gasteiger partial charge in [0, 0.05) is 23.1 Å². The van der Waals surface area contributed by atoms with E-state index in [0.29, 0.717) is 25.0 Å². The Morgan fingerprint density at radius 2 is 2.16 bits per heavy atom. The highest BCUT2D eigenvalue weighted by Crippen LogP contribution is 2.52.